The summed E-state index contributed by atoms with van der Waals surface area (Å²) in [6.45, 7) is 3.89. The van der Waals surface area contributed by atoms with Crippen molar-refractivity contribution in [1.29, 1.82) is 0 Å². The first-order valence-electron chi connectivity index (χ1n) is 5.43. The van der Waals surface area contributed by atoms with Crippen molar-refractivity contribution in [3.05, 3.63) is 42.0 Å². The number of imidazole rings is 1. The van der Waals surface area contributed by atoms with E-state index < -0.39 is 17.5 Å². The summed E-state index contributed by atoms with van der Waals surface area (Å²) in [5, 5.41) is 2.75. The van der Waals surface area contributed by atoms with Crippen LogP contribution < -0.4 is 5.32 Å². The monoisotopic (exact) mass is 255 g/mol. The van der Waals surface area contributed by atoms with Crippen molar-refractivity contribution in [3.63, 3.8) is 0 Å². The van der Waals surface area contributed by atoms with Crippen molar-refractivity contribution in [2.24, 2.45) is 0 Å². The molecule has 0 aliphatic heterocycles. The van der Waals surface area contributed by atoms with Crippen molar-refractivity contribution >= 4 is 11.6 Å². The molecule has 0 aliphatic carbocycles. The van der Waals surface area contributed by atoms with Gasteiger partial charge < -0.3 is 9.88 Å². The van der Waals surface area contributed by atoms with Gasteiger partial charge in [-0.05, 0) is 13.8 Å². The summed E-state index contributed by atoms with van der Waals surface area (Å²) in [6, 6.07) is 1.92. The van der Waals surface area contributed by atoms with Gasteiger partial charge in [0, 0.05) is 36.3 Å². The highest BCUT2D eigenvalue weighted by Gasteiger charge is 2.12. The van der Waals surface area contributed by atoms with E-state index in [0.717, 1.165) is 12.1 Å². The van der Waals surface area contributed by atoms with Gasteiger partial charge in [0.25, 0.3) is 0 Å². The fourth-order valence-electron chi connectivity index (χ4n) is 1.58. The standard InChI is InChI=1S/C12H12F3N3/c1-7(2)18-4-3-16-12(18)17-8-5-9(13)11(15)10(14)6-8/h3-7H,1-2H3,(H,16,17). The molecule has 96 valence electrons. The summed E-state index contributed by atoms with van der Waals surface area (Å²) >= 11 is 0. The predicted molar refractivity (Wildman–Crippen MR) is 62.2 cm³/mol. The van der Waals surface area contributed by atoms with E-state index >= 15 is 0 Å². The van der Waals surface area contributed by atoms with Crippen molar-refractivity contribution in [2.45, 2.75) is 19.9 Å². The lowest BCUT2D eigenvalue weighted by Crippen LogP contribution is -2.06. The van der Waals surface area contributed by atoms with Gasteiger partial charge in [-0.1, -0.05) is 0 Å². The molecule has 1 N–H and O–H groups in total. The van der Waals surface area contributed by atoms with Crippen LogP contribution in [0.1, 0.15) is 19.9 Å². The number of hydrogen-bond acceptors (Lipinski definition) is 2. The quantitative estimate of drug-likeness (QED) is 0.849. The Balaban J connectivity index is 2.32. The van der Waals surface area contributed by atoms with Gasteiger partial charge in [0.05, 0.1) is 0 Å². The third-order valence-electron chi connectivity index (χ3n) is 2.46. The normalized spacial score (nSPS) is 11.0. The molecule has 1 aromatic heterocycles. The van der Waals surface area contributed by atoms with Crippen LogP contribution in [0.25, 0.3) is 0 Å². The van der Waals surface area contributed by atoms with Crippen LogP contribution in [0.2, 0.25) is 0 Å². The first-order chi connectivity index (χ1) is 8.49. The Kier molecular flexibility index (Phi) is 3.27. The molecule has 3 nitrogen and oxygen atoms in total. The van der Waals surface area contributed by atoms with Crippen LogP contribution in [0, 0.1) is 17.5 Å². The van der Waals surface area contributed by atoms with Gasteiger partial charge in [-0.15, -0.1) is 0 Å². The highest BCUT2D eigenvalue weighted by atomic mass is 19.2. The van der Waals surface area contributed by atoms with E-state index in [2.05, 4.69) is 10.3 Å². The first-order valence-corrected chi connectivity index (χ1v) is 5.43. The van der Waals surface area contributed by atoms with Crippen LogP contribution in [0.5, 0.6) is 0 Å². The average molecular weight is 255 g/mol. The minimum Gasteiger partial charge on any atom is -0.325 e. The van der Waals surface area contributed by atoms with Crippen molar-refractivity contribution < 1.29 is 13.2 Å². The lowest BCUT2D eigenvalue weighted by molar-refractivity contribution is 0.448. The number of hydrogen-bond donors (Lipinski definition) is 1. The van der Waals surface area contributed by atoms with E-state index in [-0.39, 0.29) is 11.7 Å². The summed E-state index contributed by atoms with van der Waals surface area (Å²) in [4.78, 5) is 4.03. The molecule has 0 saturated carbocycles. The van der Waals surface area contributed by atoms with Crippen LogP contribution in [0.15, 0.2) is 24.5 Å². The molecule has 0 spiro atoms. The second kappa shape index (κ2) is 4.72. The third kappa shape index (κ3) is 2.32. The van der Waals surface area contributed by atoms with Gasteiger partial charge in [-0.3, -0.25) is 0 Å². The van der Waals surface area contributed by atoms with Crippen LogP contribution in [0.3, 0.4) is 0 Å². The fraction of sp³-hybridized carbons (Fsp3) is 0.250. The zero-order valence-corrected chi connectivity index (χ0v) is 9.92. The van der Waals surface area contributed by atoms with Crippen LogP contribution in [-0.2, 0) is 0 Å². The molecule has 2 aromatic rings. The Morgan fingerprint density at radius 2 is 1.78 bits per heavy atom. The molecule has 0 fully saturated rings. The van der Waals surface area contributed by atoms with Gasteiger partial charge in [0.2, 0.25) is 5.95 Å². The van der Waals surface area contributed by atoms with Gasteiger partial charge in [-0.2, -0.15) is 0 Å². The summed E-state index contributed by atoms with van der Waals surface area (Å²) in [6.07, 6.45) is 3.31. The van der Waals surface area contributed by atoms with Crippen molar-refractivity contribution in [1.82, 2.24) is 9.55 Å². The van der Waals surface area contributed by atoms with E-state index in [1.165, 1.54) is 0 Å². The Labute approximate surface area is 102 Å². The van der Waals surface area contributed by atoms with E-state index in [1.54, 1.807) is 17.0 Å². The molecule has 0 amide bonds. The summed E-state index contributed by atoms with van der Waals surface area (Å²) in [7, 11) is 0. The van der Waals surface area contributed by atoms with E-state index in [1.807, 2.05) is 13.8 Å². The zero-order chi connectivity index (χ0) is 13.3. The van der Waals surface area contributed by atoms with E-state index in [9.17, 15) is 13.2 Å². The highest BCUT2D eigenvalue weighted by molar-refractivity contribution is 5.54. The molecule has 0 atom stereocenters. The van der Waals surface area contributed by atoms with Crippen LogP contribution in [-0.4, -0.2) is 9.55 Å². The Bertz CT molecular complexity index is 540. The minimum atomic E-state index is -1.48. The SMILES string of the molecule is CC(C)n1ccnc1Nc1cc(F)c(F)c(F)c1. The molecule has 1 heterocycles. The van der Waals surface area contributed by atoms with Gasteiger partial charge in [0.1, 0.15) is 0 Å². The number of benzene rings is 1. The average Bonchev–Trinajstić information content (AvgIpc) is 2.74. The Morgan fingerprint density at radius 1 is 1.17 bits per heavy atom. The third-order valence-corrected chi connectivity index (χ3v) is 2.46. The zero-order valence-electron chi connectivity index (χ0n) is 9.92. The molecule has 0 bridgehead atoms. The lowest BCUT2D eigenvalue weighted by atomic mass is 10.3. The second-order valence-corrected chi connectivity index (χ2v) is 4.13. The van der Waals surface area contributed by atoms with Crippen LogP contribution >= 0.6 is 0 Å². The summed E-state index contributed by atoms with van der Waals surface area (Å²) < 4.78 is 40.7. The molecule has 18 heavy (non-hydrogen) atoms. The van der Waals surface area contributed by atoms with Crippen molar-refractivity contribution in [3.8, 4) is 0 Å². The maximum Gasteiger partial charge on any atom is 0.207 e. The Hall–Kier alpha value is -1.98. The largest absolute Gasteiger partial charge is 0.325 e. The predicted octanol–water partition coefficient (Wildman–Crippen LogP) is 3.62. The number of aromatic nitrogens is 2. The molecule has 6 heteroatoms. The number of halogens is 3. The molecule has 0 saturated heterocycles. The number of anilines is 2. The molecule has 2 rings (SSSR count). The maximum atomic E-state index is 13.0. The number of rotatable bonds is 3. The number of nitrogens with zero attached hydrogens (tertiary/aromatic N) is 2. The van der Waals surface area contributed by atoms with Gasteiger partial charge >= 0.3 is 0 Å². The number of nitrogens with one attached hydrogen (secondary N) is 1. The van der Waals surface area contributed by atoms with E-state index in [0.29, 0.717) is 5.95 Å². The van der Waals surface area contributed by atoms with Gasteiger partial charge in [0.15, 0.2) is 17.5 Å². The topological polar surface area (TPSA) is 29.9 Å². The fourth-order valence-corrected chi connectivity index (χ4v) is 1.58. The molecular weight excluding hydrogens is 243 g/mol. The lowest BCUT2D eigenvalue weighted by Gasteiger charge is -2.13. The van der Waals surface area contributed by atoms with E-state index in [4.69, 9.17) is 0 Å². The highest BCUT2D eigenvalue weighted by Crippen LogP contribution is 2.22. The maximum absolute atomic E-state index is 13.0. The molecular formula is C12H12F3N3. The molecule has 0 unspecified atom stereocenters. The van der Waals surface area contributed by atoms with Crippen LogP contribution in [0.4, 0.5) is 24.8 Å². The van der Waals surface area contributed by atoms with Gasteiger partial charge in [-0.25, -0.2) is 18.2 Å². The summed E-state index contributed by atoms with van der Waals surface area (Å²) in [5.41, 5.74) is 0.111. The van der Waals surface area contributed by atoms with Crippen molar-refractivity contribution in [2.75, 3.05) is 5.32 Å². The Morgan fingerprint density at radius 3 is 2.33 bits per heavy atom. The molecule has 1 aromatic carbocycles. The molecule has 0 radical (unpaired) electrons. The first kappa shape index (κ1) is 12.5. The minimum absolute atomic E-state index is 0.111. The second-order valence-electron chi connectivity index (χ2n) is 4.13. The molecule has 0 aliphatic rings. The smallest absolute Gasteiger partial charge is 0.207 e. The summed E-state index contributed by atoms with van der Waals surface area (Å²) in [5.74, 6) is -3.51.